The van der Waals surface area contributed by atoms with Crippen LogP contribution in [0.15, 0.2) is 30.3 Å². The largest absolute Gasteiger partial charge is 0.467 e. The van der Waals surface area contributed by atoms with Gasteiger partial charge in [-0.05, 0) is 26.3 Å². The summed E-state index contributed by atoms with van der Waals surface area (Å²) in [5.74, 6) is -0.944. The molecule has 2 N–H and O–H groups in total. The first-order valence-corrected chi connectivity index (χ1v) is 7.62. The van der Waals surface area contributed by atoms with Gasteiger partial charge in [-0.2, -0.15) is 0 Å². The molecule has 132 valence electrons. The van der Waals surface area contributed by atoms with Crippen molar-refractivity contribution >= 4 is 18.0 Å². The van der Waals surface area contributed by atoms with Crippen molar-refractivity contribution in [3.8, 4) is 0 Å². The summed E-state index contributed by atoms with van der Waals surface area (Å²) >= 11 is 0. The zero-order chi connectivity index (χ0) is 18.2. The molecule has 1 aromatic carbocycles. The molecule has 24 heavy (non-hydrogen) atoms. The van der Waals surface area contributed by atoms with Crippen molar-refractivity contribution in [3.05, 3.63) is 35.9 Å². The Morgan fingerprint density at radius 3 is 2.29 bits per heavy atom. The summed E-state index contributed by atoms with van der Waals surface area (Å²) in [6.07, 6.45) is -0.581. The van der Waals surface area contributed by atoms with Gasteiger partial charge in [0.25, 0.3) is 0 Å². The SMILES string of the molecule is COC(=O)[C@@H](NC(=O)CCNC(=O)OC(C)(C)C)c1ccccc1. The molecule has 0 heterocycles. The van der Waals surface area contributed by atoms with Crippen molar-refractivity contribution in [2.75, 3.05) is 13.7 Å². The number of methoxy groups -OCH3 is 1. The monoisotopic (exact) mass is 336 g/mol. The third-order valence-electron chi connectivity index (χ3n) is 2.90. The molecular weight excluding hydrogens is 312 g/mol. The van der Waals surface area contributed by atoms with Gasteiger partial charge >= 0.3 is 12.1 Å². The van der Waals surface area contributed by atoms with Crippen LogP contribution >= 0.6 is 0 Å². The number of hydrogen-bond acceptors (Lipinski definition) is 5. The quantitative estimate of drug-likeness (QED) is 0.774. The fourth-order valence-corrected chi connectivity index (χ4v) is 1.87. The van der Waals surface area contributed by atoms with Crippen LogP contribution in [0.2, 0.25) is 0 Å². The first kappa shape index (κ1) is 19.5. The molecule has 0 aromatic heterocycles. The predicted molar refractivity (Wildman–Crippen MR) is 88.2 cm³/mol. The van der Waals surface area contributed by atoms with E-state index in [0.717, 1.165) is 0 Å². The first-order valence-electron chi connectivity index (χ1n) is 7.62. The molecule has 7 nitrogen and oxygen atoms in total. The topological polar surface area (TPSA) is 93.7 Å². The molecule has 0 aliphatic rings. The summed E-state index contributed by atoms with van der Waals surface area (Å²) in [6, 6.07) is 7.90. The number of hydrogen-bond donors (Lipinski definition) is 2. The van der Waals surface area contributed by atoms with E-state index in [0.29, 0.717) is 5.56 Å². The van der Waals surface area contributed by atoms with Gasteiger partial charge in [0.2, 0.25) is 5.91 Å². The van der Waals surface area contributed by atoms with Crippen molar-refractivity contribution in [1.29, 1.82) is 0 Å². The molecule has 0 bridgehead atoms. The Morgan fingerprint density at radius 1 is 1.12 bits per heavy atom. The van der Waals surface area contributed by atoms with E-state index < -0.39 is 23.7 Å². The fourth-order valence-electron chi connectivity index (χ4n) is 1.87. The summed E-state index contributed by atoms with van der Waals surface area (Å²) in [4.78, 5) is 35.4. The lowest BCUT2D eigenvalue weighted by molar-refractivity contribution is -0.145. The summed E-state index contributed by atoms with van der Waals surface area (Å²) in [6.45, 7) is 5.35. The molecule has 0 fully saturated rings. The van der Waals surface area contributed by atoms with E-state index in [-0.39, 0.29) is 18.9 Å². The Labute approximate surface area is 141 Å². The standard InChI is InChI=1S/C17H24N2O5/c1-17(2,3)24-16(22)18-11-10-13(20)19-14(15(21)23-4)12-8-6-5-7-9-12/h5-9,14H,10-11H2,1-4H3,(H,18,22)(H,19,20)/t14-/m0/s1. The molecule has 1 atom stereocenters. The zero-order valence-electron chi connectivity index (χ0n) is 14.4. The molecular formula is C17H24N2O5. The molecule has 0 spiro atoms. The molecule has 0 aliphatic heterocycles. The highest BCUT2D eigenvalue weighted by atomic mass is 16.6. The average Bonchev–Trinajstić information content (AvgIpc) is 2.51. The lowest BCUT2D eigenvalue weighted by atomic mass is 10.1. The Kier molecular flexibility index (Phi) is 7.23. The summed E-state index contributed by atoms with van der Waals surface area (Å²) in [5, 5.41) is 5.09. The van der Waals surface area contributed by atoms with E-state index in [2.05, 4.69) is 10.6 Å². The number of amides is 2. The van der Waals surface area contributed by atoms with Gasteiger partial charge in [-0.15, -0.1) is 0 Å². The van der Waals surface area contributed by atoms with Crippen molar-refractivity contribution in [2.24, 2.45) is 0 Å². The normalized spacial score (nSPS) is 12.0. The van der Waals surface area contributed by atoms with Crippen LogP contribution in [0.5, 0.6) is 0 Å². The number of ether oxygens (including phenoxy) is 2. The highest BCUT2D eigenvalue weighted by Gasteiger charge is 2.23. The van der Waals surface area contributed by atoms with Crippen LogP contribution < -0.4 is 10.6 Å². The number of esters is 1. The molecule has 0 unspecified atom stereocenters. The van der Waals surface area contributed by atoms with Gasteiger partial charge in [0, 0.05) is 13.0 Å². The Morgan fingerprint density at radius 2 is 1.75 bits per heavy atom. The van der Waals surface area contributed by atoms with Crippen LogP contribution in [0.3, 0.4) is 0 Å². The highest BCUT2D eigenvalue weighted by Crippen LogP contribution is 2.14. The second kappa shape index (κ2) is 8.90. The van der Waals surface area contributed by atoms with E-state index in [1.54, 1.807) is 45.0 Å². The maximum atomic E-state index is 12.0. The predicted octanol–water partition coefficient (Wildman–Crippen LogP) is 1.93. The molecule has 0 aliphatic carbocycles. The second-order valence-corrected chi connectivity index (χ2v) is 6.11. The van der Waals surface area contributed by atoms with Gasteiger partial charge in [-0.25, -0.2) is 9.59 Å². The Bertz CT molecular complexity index is 566. The van der Waals surface area contributed by atoms with Crippen LogP contribution in [-0.2, 0) is 19.1 Å². The van der Waals surface area contributed by atoms with Crippen molar-refractivity contribution in [2.45, 2.75) is 38.8 Å². The van der Waals surface area contributed by atoms with Crippen LogP contribution in [0.1, 0.15) is 38.8 Å². The van der Waals surface area contributed by atoms with Crippen LogP contribution in [0.25, 0.3) is 0 Å². The summed E-state index contributed by atoms with van der Waals surface area (Å²) in [5.41, 5.74) is 0.0214. The van der Waals surface area contributed by atoms with E-state index in [9.17, 15) is 14.4 Å². The number of carbonyl (C=O) groups is 3. The third kappa shape index (κ3) is 7.13. The lowest BCUT2D eigenvalue weighted by Gasteiger charge is -2.20. The van der Waals surface area contributed by atoms with Crippen LogP contribution in [0.4, 0.5) is 4.79 Å². The van der Waals surface area contributed by atoms with Gasteiger partial charge < -0.3 is 20.1 Å². The van der Waals surface area contributed by atoms with Crippen molar-refractivity contribution < 1.29 is 23.9 Å². The van der Waals surface area contributed by atoms with Gasteiger partial charge in [-0.3, -0.25) is 4.79 Å². The minimum atomic E-state index is -0.884. The minimum Gasteiger partial charge on any atom is -0.467 e. The zero-order valence-corrected chi connectivity index (χ0v) is 14.4. The van der Waals surface area contributed by atoms with Gasteiger partial charge in [0.05, 0.1) is 7.11 Å². The molecule has 0 radical (unpaired) electrons. The highest BCUT2D eigenvalue weighted by molar-refractivity contribution is 5.85. The minimum absolute atomic E-state index is 0.0135. The molecule has 1 rings (SSSR count). The number of rotatable bonds is 6. The average molecular weight is 336 g/mol. The number of alkyl carbamates (subject to hydrolysis) is 1. The second-order valence-electron chi connectivity index (χ2n) is 6.11. The van der Waals surface area contributed by atoms with Gasteiger partial charge in [0.1, 0.15) is 5.60 Å². The molecule has 2 amide bonds. The van der Waals surface area contributed by atoms with Crippen molar-refractivity contribution in [1.82, 2.24) is 10.6 Å². The lowest BCUT2D eigenvalue weighted by Crippen LogP contribution is -2.38. The molecule has 0 saturated carbocycles. The maximum absolute atomic E-state index is 12.0. The summed E-state index contributed by atoms with van der Waals surface area (Å²) < 4.78 is 9.79. The maximum Gasteiger partial charge on any atom is 0.407 e. The number of benzene rings is 1. The fraction of sp³-hybridized carbons (Fsp3) is 0.471. The van der Waals surface area contributed by atoms with Crippen LogP contribution in [-0.4, -0.2) is 37.2 Å². The van der Waals surface area contributed by atoms with E-state index >= 15 is 0 Å². The Hall–Kier alpha value is -2.57. The van der Waals surface area contributed by atoms with E-state index in [4.69, 9.17) is 9.47 Å². The van der Waals surface area contributed by atoms with Crippen molar-refractivity contribution in [3.63, 3.8) is 0 Å². The molecule has 0 saturated heterocycles. The number of nitrogens with one attached hydrogen (secondary N) is 2. The Balaban J connectivity index is 2.52. The van der Waals surface area contributed by atoms with Gasteiger partial charge in [-0.1, -0.05) is 30.3 Å². The van der Waals surface area contributed by atoms with Gasteiger partial charge in [0.15, 0.2) is 6.04 Å². The first-order chi connectivity index (χ1) is 11.2. The molecule has 7 heteroatoms. The molecule has 1 aromatic rings. The number of carbonyl (C=O) groups excluding carboxylic acids is 3. The van der Waals surface area contributed by atoms with E-state index in [1.807, 2.05) is 6.07 Å². The summed E-state index contributed by atoms with van der Waals surface area (Å²) in [7, 11) is 1.26. The third-order valence-corrected chi connectivity index (χ3v) is 2.90. The smallest absolute Gasteiger partial charge is 0.407 e. The van der Waals surface area contributed by atoms with Crippen LogP contribution in [0, 0.1) is 0 Å². The van der Waals surface area contributed by atoms with E-state index in [1.165, 1.54) is 7.11 Å².